The van der Waals surface area contributed by atoms with Crippen molar-refractivity contribution >= 4 is 0 Å². The first-order valence-corrected chi connectivity index (χ1v) is 6.59. The van der Waals surface area contributed by atoms with Crippen molar-refractivity contribution in [2.24, 2.45) is 11.7 Å². The van der Waals surface area contributed by atoms with Gasteiger partial charge in [-0.05, 0) is 38.6 Å². The van der Waals surface area contributed by atoms with Crippen LogP contribution < -0.4 is 5.73 Å². The largest absolute Gasteiger partial charge is 0.329 e. The summed E-state index contributed by atoms with van der Waals surface area (Å²) in [6.45, 7) is 6.57. The van der Waals surface area contributed by atoms with Crippen LogP contribution in [0.4, 0.5) is 0 Å². The van der Waals surface area contributed by atoms with Crippen molar-refractivity contribution < 1.29 is 0 Å². The summed E-state index contributed by atoms with van der Waals surface area (Å²) in [6.07, 6.45) is 8.07. The molecule has 0 unspecified atom stereocenters. The minimum Gasteiger partial charge on any atom is -0.329 e. The van der Waals surface area contributed by atoms with Gasteiger partial charge >= 0.3 is 0 Å². The highest BCUT2D eigenvalue weighted by molar-refractivity contribution is 4.89. The van der Waals surface area contributed by atoms with Crippen LogP contribution in [0, 0.1) is 5.92 Å². The van der Waals surface area contributed by atoms with E-state index in [0.717, 1.165) is 12.5 Å². The lowest BCUT2D eigenvalue weighted by Crippen LogP contribution is -2.52. The van der Waals surface area contributed by atoms with Crippen LogP contribution in [-0.2, 0) is 0 Å². The Bertz CT molecular complexity index is 161. The summed E-state index contributed by atoms with van der Waals surface area (Å²) in [5, 5.41) is 0. The second kappa shape index (κ2) is 5.86. The molecule has 1 fully saturated rings. The highest BCUT2D eigenvalue weighted by Gasteiger charge is 2.31. The molecule has 2 nitrogen and oxygen atoms in total. The molecule has 0 aromatic carbocycles. The Morgan fingerprint density at radius 2 is 1.73 bits per heavy atom. The molecule has 0 aromatic heterocycles. The van der Waals surface area contributed by atoms with E-state index in [2.05, 4.69) is 25.8 Å². The van der Waals surface area contributed by atoms with Gasteiger partial charge in [-0.1, -0.05) is 26.7 Å². The topological polar surface area (TPSA) is 29.3 Å². The molecular formula is C13H28N2. The first-order chi connectivity index (χ1) is 7.18. The molecular weight excluding hydrogens is 184 g/mol. The fraction of sp³-hybridized carbons (Fsp3) is 1.00. The van der Waals surface area contributed by atoms with Gasteiger partial charge in [-0.2, -0.15) is 0 Å². The van der Waals surface area contributed by atoms with Gasteiger partial charge in [0.25, 0.3) is 0 Å². The lowest BCUT2D eigenvalue weighted by molar-refractivity contribution is 0.0972. The van der Waals surface area contributed by atoms with Gasteiger partial charge in [-0.15, -0.1) is 0 Å². The molecule has 0 spiro atoms. The summed E-state index contributed by atoms with van der Waals surface area (Å²) in [5.41, 5.74) is 6.21. The standard InChI is InChI=1S/C13H28N2/c1-4-13(5-2,11-14)15(3)10-12-8-6-7-9-12/h12H,4-11,14H2,1-3H3. The van der Waals surface area contributed by atoms with E-state index in [1.54, 1.807) is 0 Å². The van der Waals surface area contributed by atoms with Crippen LogP contribution in [-0.4, -0.2) is 30.6 Å². The quantitative estimate of drug-likeness (QED) is 0.733. The van der Waals surface area contributed by atoms with Crippen molar-refractivity contribution in [1.82, 2.24) is 4.90 Å². The van der Waals surface area contributed by atoms with Crippen molar-refractivity contribution in [1.29, 1.82) is 0 Å². The molecule has 0 radical (unpaired) electrons. The third-order valence-electron chi connectivity index (χ3n) is 4.51. The normalized spacial score (nSPS) is 19.0. The first kappa shape index (κ1) is 13.0. The zero-order valence-corrected chi connectivity index (χ0v) is 10.8. The van der Waals surface area contributed by atoms with Crippen LogP contribution >= 0.6 is 0 Å². The van der Waals surface area contributed by atoms with Gasteiger partial charge < -0.3 is 5.73 Å². The van der Waals surface area contributed by atoms with Crippen LogP contribution in [0.2, 0.25) is 0 Å². The predicted molar refractivity (Wildman–Crippen MR) is 67.0 cm³/mol. The number of nitrogens with two attached hydrogens (primary N) is 1. The number of likely N-dealkylation sites (N-methyl/N-ethyl adjacent to an activating group) is 1. The average Bonchev–Trinajstić information content (AvgIpc) is 2.74. The second-order valence-corrected chi connectivity index (χ2v) is 5.17. The number of hydrogen-bond acceptors (Lipinski definition) is 2. The third-order valence-corrected chi connectivity index (χ3v) is 4.51. The van der Waals surface area contributed by atoms with Gasteiger partial charge in [0.2, 0.25) is 0 Å². The second-order valence-electron chi connectivity index (χ2n) is 5.17. The van der Waals surface area contributed by atoms with E-state index >= 15 is 0 Å². The maximum Gasteiger partial charge on any atom is 0.0323 e. The number of nitrogens with zero attached hydrogens (tertiary/aromatic N) is 1. The van der Waals surface area contributed by atoms with E-state index < -0.39 is 0 Å². The molecule has 0 saturated heterocycles. The number of rotatable bonds is 6. The highest BCUT2D eigenvalue weighted by atomic mass is 15.2. The summed E-state index contributed by atoms with van der Waals surface area (Å²) in [4.78, 5) is 2.53. The van der Waals surface area contributed by atoms with Crippen molar-refractivity contribution in [2.75, 3.05) is 20.1 Å². The summed E-state index contributed by atoms with van der Waals surface area (Å²) >= 11 is 0. The molecule has 0 heterocycles. The molecule has 0 aliphatic heterocycles. The van der Waals surface area contributed by atoms with Gasteiger partial charge in [-0.3, -0.25) is 4.90 Å². The van der Waals surface area contributed by atoms with E-state index in [4.69, 9.17) is 5.73 Å². The Hall–Kier alpha value is -0.0800. The lowest BCUT2D eigenvalue weighted by Gasteiger charge is -2.41. The minimum absolute atomic E-state index is 0.253. The molecule has 2 N–H and O–H groups in total. The van der Waals surface area contributed by atoms with Gasteiger partial charge in [0.1, 0.15) is 0 Å². The van der Waals surface area contributed by atoms with Crippen molar-refractivity contribution in [3.8, 4) is 0 Å². The van der Waals surface area contributed by atoms with Crippen LogP contribution in [0.1, 0.15) is 52.4 Å². The van der Waals surface area contributed by atoms with E-state index in [9.17, 15) is 0 Å². The van der Waals surface area contributed by atoms with Crippen LogP contribution in [0.15, 0.2) is 0 Å². The zero-order chi connectivity index (χ0) is 11.3. The molecule has 0 amide bonds. The van der Waals surface area contributed by atoms with Crippen molar-refractivity contribution in [2.45, 2.75) is 57.9 Å². The van der Waals surface area contributed by atoms with Crippen LogP contribution in [0.3, 0.4) is 0 Å². The van der Waals surface area contributed by atoms with Crippen LogP contribution in [0.5, 0.6) is 0 Å². The average molecular weight is 212 g/mol. The van der Waals surface area contributed by atoms with Crippen molar-refractivity contribution in [3.05, 3.63) is 0 Å². The van der Waals surface area contributed by atoms with E-state index in [-0.39, 0.29) is 5.54 Å². The molecule has 2 heteroatoms. The minimum atomic E-state index is 0.253. The fourth-order valence-corrected chi connectivity index (χ4v) is 3.01. The van der Waals surface area contributed by atoms with Gasteiger partial charge in [0.05, 0.1) is 0 Å². The Morgan fingerprint density at radius 3 is 2.13 bits per heavy atom. The van der Waals surface area contributed by atoms with Gasteiger partial charge in [0.15, 0.2) is 0 Å². The van der Waals surface area contributed by atoms with Crippen molar-refractivity contribution in [3.63, 3.8) is 0 Å². The molecule has 0 atom stereocenters. The molecule has 1 aliphatic carbocycles. The molecule has 1 saturated carbocycles. The fourth-order valence-electron chi connectivity index (χ4n) is 3.01. The Morgan fingerprint density at radius 1 is 1.20 bits per heavy atom. The highest BCUT2D eigenvalue weighted by Crippen LogP contribution is 2.29. The Kier molecular flexibility index (Phi) is 5.07. The van der Waals surface area contributed by atoms with E-state index in [1.165, 1.54) is 45.1 Å². The van der Waals surface area contributed by atoms with Crippen LogP contribution in [0.25, 0.3) is 0 Å². The van der Waals surface area contributed by atoms with Gasteiger partial charge in [0, 0.05) is 18.6 Å². The summed E-state index contributed by atoms with van der Waals surface area (Å²) in [7, 11) is 2.26. The summed E-state index contributed by atoms with van der Waals surface area (Å²) in [5.74, 6) is 0.930. The molecule has 90 valence electrons. The molecule has 0 aromatic rings. The summed E-state index contributed by atoms with van der Waals surface area (Å²) in [6, 6.07) is 0. The maximum atomic E-state index is 5.96. The monoisotopic (exact) mass is 212 g/mol. The molecule has 1 aliphatic rings. The third kappa shape index (κ3) is 2.94. The summed E-state index contributed by atoms with van der Waals surface area (Å²) < 4.78 is 0. The smallest absolute Gasteiger partial charge is 0.0323 e. The lowest BCUT2D eigenvalue weighted by atomic mass is 9.90. The van der Waals surface area contributed by atoms with E-state index in [1.807, 2.05) is 0 Å². The maximum absolute atomic E-state index is 5.96. The molecule has 15 heavy (non-hydrogen) atoms. The van der Waals surface area contributed by atoms with Gasteiger partial charge in [-0.25, -0.2) is 0 Å². The predicted octanol–water partition coefficient (Wildman–Crippen LogP) is 2.63. The molecule has 1 rings (SSSR count). The SMILES string of the molecule is CCC(CC)(CN)N(C)CC1CCCC1. The van der Waals surface area contributed by atoms with E-state index in [0.29, 0.717) is 0 Å². The number of hydrogen-bond donors (Lipinski definition) is 1. The Labute approximate surface area is 95.2 Å². The molecule has 0 bridgehead atoms. The zero-order valence-electron chi connectivity index (χ0n) is 10.8. The first-order valence-electron chi connectivity index (χ1n) is 6.59. The Balaban J connectivity index is 2.51.